The number of carbonyl (C=O) groups is 1. The van der Waals surface area contributed by atoms with E-state index in [1.807, 2.05) is 43.3 Å². The highest BCUT2D eigenvalue weighted by Crippen LogP contribution is 2.16. The molecule has 0 N–H and O–H groups in total. The van der Waals surface area contributed by atoms with E-state index < -0.39 is 0 Å². The monoisotopic (exact) mass is 263 g/mol. The Kier molecular flexibility index (Phi) is 3.13. The fraction of sp³-hybridized carbons (Fsp3) is 0.0625. The number of aryl methyl sites for hydroxylation is 1. The summed E-state index contributed by atoms with van der Waals surface area (Å²) in [6.07, 6.45) is 4.91. The first-order chi connectivity index (χ1) is 9.77. The fourth-order valence-corrected chi connectivity index (χ4v) is 2.09. The Labute approximate surface area is 116 Å². The van der Waals surface area contributed by atoms with Crippen LogP contribution < -0.4 is 0 Å². The number of pyridine rings is 1. The van der Waals surface area contributed by atoms with Gasteiger partial charge in [0.15, 0.2) is 0 Å². The van der Waals surface area contributed by atoms with Crippen molar-refractivity contribution < 1.29 is 4.79 Å². The van der Waals surface area contributed by atoms with Crippen molar-refractivity contribution in [2.24, 2.45) is 0 Å². The highest BCUT2D eigenvalue weighted by molar-refractivity contribution is 6.08. The van der Waals surface area contributed by atoms with Gasteiger partial charge in [-0.1, -0.05) is 18.2 Å². The molecule has 0 radical (unpaired) electrons. The molecule has 3 rings (SSSR count). The van der Waals surface area contributed by atoms with Gasteiger partial charge in [0.05, 0.1) is 11.9 Å². The second kappa shape index (κ2) is 5.09. The first-order valence-electron chi connectivity index (χ1n) is 6.32. The first kappa shape index (κ1) is 12.3. The molecule has 0 fully saturated rings. The Morgan fingerprint density at radius 1 is 1.05 bits per heavy atom. The molecule has 2 heterocycles. The molecule has 0 aliphatic rings. The van der Waals surface area contributed by atoms with Crippen molar-refractivity contribution in [2.45, 2.75) is 6.92 Å². The van der Waals surface area contributed by atoms with Crippen molar-refractivity contribution in [1.82, 2.24) is 14.8 Å². The lowest BCUT2D eigenvalue weighted by molar-refractivity contribution is 0.103. The second-order valence-electron chi connectivity index (χ2n) is 4.48. The zero-order chi connectivity index (χ0) is 13.9. The Morgan fingerprint density at radius 2 is 1.85 bits per heavy atom. The molecule has 0 aliphatic carbocycles. The summed E-state index contributed by atoms with van der Waals surface area (Å²) in [7, 11) is 0. The third kappa shape index (κ3) is 2.12. The van der Waals surface area contributed by atoms with E-state index in [4.69, 9.17) is 0 Å². The molecule has 4 nitrogen and oxygen atoms in total. The number of rotatable bonds is 3. The first-order valence-corrected chi connectivity index (χ1v) is 6.32. The fourth-order valence-electron chi connectivity index (χ4n) is 2.09. The van der Waals surface area contributed by atoms with Crippen LogP contribution in [-0.2, 0) is 0 Å². The number of para-hydroxylation sites is 1. The van der Waals surface area contributed by atoms with E-state index in [1.165, 1.54) is 0 Å². The van der Waals surface area contributed by atoms with Gasteiger partial charge in [-0.25, -0.2) is 4.68 Å². The van der Waals surface area contributed by atoms with Crippen LogP contribution in [0.1, 0.15) is 21.6 Å². The summed E-state index contributed by atoms with van der Waals surface area (Å²) in [6, 6.07) is 13.2. The van der Waals surface area contributed by atoms with Gasteiger partial charge < -0.3 is 0 Å². The number of benzene rings is 1. The normalized spacial score (nSPS) is 10.4. The van der Waals surface area contributed by atoms with Crippen LogP contribution in [0.15, 0.2) is 61.1 Å². The van der Waals surface area contributed by atoms with Crippen LogP contribution in [0.4, 0.5) is 0 Å². The smallest absolute Gasteiger partial charge is 0.213 e. The standard InChI is InChI=1S/C16H13N3O/c1-12-7-9-17-11-14(12)16(20)15-8-10-18-19(15)13-5-3-2-4-6-13/h2-11H,1H3. The van der Waals surface area contributed by atoms with Crippen molar-refractivity contribution in [3.63, 3.8) is 0 Å². The van der Waals surface area contributed by atoms with Crippen LogP contribution >= 0.6 is 0 Å². The van der Waals surface area contributed by atoms with E-state index >= 15 is 0 Å². The average Bonchev–Trinajstić information content (AvgIpc) is 2.97. The number of ketones is 1. The van der Waals surface area contributed by atoms with E-state index in [1.54, 1.807) is 29.3 Å². The molecule has 2 aromatic heterocycles. The Balaban J connectivity index is 2.07. The Bertz CT molecular complexity index is 747. The zero-order valence-electron chi connectivity index (χ0n) is 11.0. The Morgan fingerprint density at radius 3 is 2.60 bits per heavy atom. The molecule has 4 heteroatoms. The third-order valence-electron chi connectivity index (χ3n) is 3.16. The number of hydrogen-bond acceptors (Lipinski definition) is 3. The molecule has 0 aliphatic heterocycles. The topological polar surface area (TPSA) is 47.8 Å². The number of hydrogen-bond donors (Lipinski definition) is 0. The largest absolute Gasteiger partial charge is 0.287 e. The van der Waals surface area contributed by atoms with E-state index in [2.05, 4.69) is 10.1 Å². The summed E-state index contributed by atoms with van der Waals surface area (Å²) < 4.78 is 1.65. The minimum atomic E-state index is -0.0723. The molecule has 98 valence electrons. The van der Waals surface area contributed by atoms with Crippen LogP contribution in [0.25, 0.3) is 5.69 Å². The van der Waals surface area contributed by atoms with Crippen molar-refractivity contribution in [1.29, 1.82) is 0 Å². The molecular weight excluding hydrogens is 250 g/mol. The van der Waals surface area contributed by atoms with Crippen LogP contribution in [0.3, 0.4) is 0 Å². The van der Waals surface area contributed by atoms with E-state index in [-0.39, 0.29) is 5.78 Å². The average molecular weight is 263 g/mol. The van der Waals surface area contributed by atoms with Gasteiger partial charge in [0.25, 0.3) is 0 Å². The number of aromatic nitrogens is 3. The summed E-state index contributed by atoms with van der Waals surface area (Å²) in [5, 5.41) is 4.24. The van der Waals surface area contributed by atoms with Crippen LogP contribution in [0.2, 0.25) is 0 Å². The van der Waals surface area contributed by atoms with Gasteiger partial charge in [-0.3, -0.25) is 9.78 Å². The molecule has 0 bridgehead atoms. The summed E-state index contributed by atoms with van der Waals surface area (Å²) >= 11 is 0. The number of nitrogens with zero attached hydrogens (tertiary/aromatic N) is 3. The quantitative estimate of drug-likeness (QED) is 0.683. The highest BCUT2D eigenvalue weighted by atomic mass is 16.1. The van der Waals surface area contributed by atoms with Crippen molar-refractivity contribution in [3.05, 3.63) is 77.9 Å². The van der Waals surface area contributed by atoms with Crippen molar-refractivity contribution >= 4 is 5.78 Å². The molecule has 0 amide bonds. The second-order valence-corrected chi connectivity index (χ2v) is 4.48. The van der Waals surface area contributed by atoms with E-state index in [9.17, 15) is 4.79 Å². The molecule has 0 unspecified atom stereocenters. The highest BCUT2D eigenvalue weighted by Gasteiger charge is 2.17. The van der Waals surface area contributed by atoms with Gasteiger partial charge >= 0.3 is 0 Å². The van der Waals surface area contributed by atoms with Gasteiger partial charge in [0, 0.05) is 18.0 Å². The molecule has 20 heavy (non-hydrogen) atoms. The lowest BCUT2D eigenvalue weighted by atomic mass is 10.1. The summed E-state index contributed by atoms with van der Waals surface area (Å²) in [5.74, 6) is -0.0723. The molecule has 0 atom stereocenters. The minimum absolute atomic E-state index is 0.0723. The maximum atomic E-state index is 12.6. The predicted molar refractivity (Wildman–Crippen MR) is 76.0 cm³/mol. The number of carbonyl (C=O) groups excluding carboxylic acids is 1. The SMILES string of the molecule is Cc1ccncc1C(=O)c1ccnn1-c1ccccc1. The maximum absolute atomic E-state index is 12.6. The van der Waals surface area contributed by atoms with Gasteiger partial charge in [-0.15, -0.1) is 0 Å². The lowest BCUT2D eigenvalue weighted by Gasteiger charge is -2.07. The van der Waals surface area contributed by atoms with Crippen LogP contribution in [0.5, 0.6) is 0 Å². The lowest BCUT2D eigenvalue weighted by Crippen LogP contribution is -2.11. The van der Waals surface area contributed by atoms with Crippen molar-refractivity contribution in [3.8, 4) is 5.69 Å². The van der Waals surface area contributed by atoms with Gasteiger partial charge in [0.1, 0.15) is 5.69 Å². The summed E-state index contributed by atoms with van der Waals surface area (Å²) in [4.78, 5) is 16.6. The van der Waals surface area contributed by atoms with E-state index in [0.29, 0.717) is 11.3 Å². The van der Waals surface area contributed by atoms with E-state index in [0.717, 1.165) is 11.3 Å². The van der Waals surface area contributed by atoms with Crippen LogP contribution in [-0.4, -0.2) is 20.5 Å². The third-order valence-corrected chi connectivity index (χ3v) is 3.16. The van der Waals surface area contributed by atoms with Gasteiger partial charge in [-0.05, 0) is 36.8 Å². The molecule has 0 saturated heterocycles. The molecule has 1 aromatic carbocycles. The van der Waals surface area contributed by atoms with Gasteiger partial charge in [-0.2, -0.15) is 5.10 Å². The maximum Gasteiger partial charge on any atom is 0.213 e. The Hall–Kier alpha value is -2.75. The van der Waals surface area contributed by atoms with Gasteiger partial charge in [0.2, 0.25) is 5.78 Å². The van der Waals surface area contributed by atoms with Crippen LogP contribution in [0, 0.1) is 6.92 Å². The zero-order valence-corrected chi connectivity index (χ0v) is 11.0. The predicted octanol–water partition coefficient (Wildman–Crippen LogP) is 2.81. The van der Waals surface area contributed by atoms with Crippen molar-refractivity contribution in [2.75, 3.05) is 0 Å². The molecular formula is C16H13N3O. The summed E-state index contributed by atoms with van der Waals surface area (Å²) in [6.45, 7) is 1.90. The molecule has 0 spiro atoms. The minimum Gasteiger partial charge on any atom is -0.287 e. The molecule has 3 aromatic rings. The molecule has 0 saturated carbocycles. The summed E-state index contributed by atoms with van der Waals surface area (Å²) in [5.41, 5.74) is 2.91.